The van der Waals surface area contributed by atoms with Crippen molar-refractivity contribution in [3.63, 3.8) is 0 Å². The summed E-state index contributed by atoms with van der Waals surface area (Å²) in [6, 6.07) is 0. The number of nitrogens with zero attached hydrogens (tertiary/aromatic N) is 3. The van der Waals surface area contributed by atoms with E-state index in [1.54, 1.807) is 4.90 Å². The molecule has 0 bridgehead atoms. The fourth-order valence-electron chi connectivity index (χ4n) is 3.12. The predicted octanol–water partition coefficient (Wildman–Crippen LogP) is 2.41. The maximum absolute atomic E-state index is 12.2. The highest BCUT2D eigenvalue weighted by molar-refractivity contribution is 14.0. The lowest BCUT2D eigenvalue weighted by atomic mass is 9.95. The Labute approximate surface area is 186 Å². The molecule has 3 N–H and O–H groups in total. The molecule has 0 aliphatic carbocycles. The molecule has 1 atom stereocenters. The third-order valence-corrected chi connectivity index (χ3v) is 4.31. The van der Waals surface area contributed by atoms with E-state index in [0.717, 1.165) is 38.4 Å². The standard InChI is InChI=1S/C19H37N5O3.HI/c1-6-21-17(24-11-8-9-15(14-24)13-16(20)25)22-10-12-23(7-2)18(26)27-19(3,4)5;/h15H,6-14H2,1-5H3,(H2,20,25)(H,21,22);1H. The number of halogens is 1. The van der Waals surface area contributed by atoms with Crippen LogP contribution in [0.1, 0.15) is 53.9 Å². The van der Waals surface area contributed by atoms with Gasteiger partial charge in [-0.2, -0.15) is 0 Å². The van der Waals surface area contributed by atoms with Crippen molar-refractivity contribution in [3.8, 4) is 0 Å². The second-order valence-corrected chi connectivity index (χ2v) is 7.92. The molecule has 1 saturated heterocycles. The van der Waals surface area contributed by atoms with Crippen LogP contribution in [-0.2, 0) is 9.53 Å². The number of carbonyl (C=O) groups excluding carboxylic acids is 2. The van der Waals surface area contributed by atoms with E-state index in [-0.39, 0.29) is 41.9 Å². The van der Waals surface area contributed by atoms with Gasteiger partial charge in [-0.05, 0) is 53.4 Å². The second-order valence-electron chi connectivity index (χ2n) is 7.92. The number of primary amides is 1. The predicted molar refractivity (Wildman–Crippen MR) is 123 cm³/mol. The van der Waals surface area contributed by atoms with Gasteiger partial charge in [-0.3, -0.25) is 9.79 Å². The van der Waals surface area contributed by atoms with E-state index in [0.29, 0.717) is 26.1 Å². The van der Waals surface area contributed by atoms with Gasteiger partial charge in [0.05, 0.1) is 6.54 Å². The number of likely N-dealkylation sites (tertiary alicyclic amines) is 1. The maximum Gasteiger partial charge on any atom is 0.410 e. The lowest BCUT2D eigenvalue weighted by molar-refractivity contribution is -0.119. The molecule has 1 unspecified atom stereocenters. The zero-order valence-electron chi connectivity index (χ0n) is 18.0. The fraction of sp³-hybridized carbons (Fsp3) is 0.842. The minimum absolute atomic E-state index is 0. The second kappa shape index (κ2) is 13.1. The van der Waals surface area contributed by atoms with Crippen LogP contribution in [0.3, 0.4) is 0 Å². The van der Waals surface area contributed by atoms with Gasteiger partial charge >= 0.3 is 6.09 Å². The highest BCUT2D eigenvalue weighted by Gasteiger charge is 2.24. The number of hydrogen-bond acceptors (Lipinski definition) is 4. The summed E-state index contributed by atoms with van der Waals surface area (Å²) in [4.78, 5) is 32.0. The van der Waals surface area contributed by atoms with Gasteiger partial charge in [-0.25, -0.2) is 4.79 Å². The molecular formula is C19H38IN5O3. The van der Waals surface area contributed by atoms with Gasteiger partial charge in [0.25, 0.3) is 0 Å². The maximum atomic E-state index is 12.2. The Morgan fingerprint density at radius 3 is 2.54 bits per heavy atom. The molecule has 9 heteroatoms. The number of guanidine groups is 1. The normalized spacial score (nSPS) is 17.5. The summed E-state index contributed by atoms with van der Waals surface area (Å²) in [6.07, 6.45) is 2.13. The first kappa shape index (κ1) is 26.7. The van der Waals surface area contributed by atoms with Crippen molar-refractivity contribution in [1.29, 1.82) is 0 Å². The van der Waals surface area contributed by atoms with Crippen LogP contribution in [0.5, 0.6) is 0 Å². The molecule has 28 heavy (non-hydrogen) atoms. The van der Waals surface area contributed by atoms with Crippen LogP contribution in [0.4, 0.5) is 4.79 Å². The van der Waals surface area contributed by atoms with Crippen molar-refractivity contribution in [2.75, 3.05) is 39.3 Å². The van der Waals surface area contributed by atoms with Gasteiger partial charge in [0.2, 0.25) is 5.91 Å². The first-order chi connectivity index (χ1) is 12.7. The highest BCUT2D eigenvalue weighted by atomic mass is 127. The Kier molecular flexibility index (Phi) is 12.5. The van der Waals surface area contributed by atoms with E-state index < -0.39 is 5.60 Å². The Hall–Kier alpha value is -1.26. The minimum Gasteiger partial charge on any atom is -0.444 e. The van der Waals surface area contributed by atoms with Crippen molar-refractivity contribution in [3.05, 3.63) is 0 Å². The molecule has 8 nitrogen and oxygen atoms in total. The summed E-state index contributed by atoms with van der Waals surface area (Å²) < 4.78 is 5.43. The minimum atomic E-state index is -0.508. The lowest BCUT2D eigenvalue weighted by Crippen LogP contribution is -2.47. The van der Waals surface area contributed by atoms with Crippen LogP contribution in [0.25, 0.3) is 0 Å². The SMILES string of the molecule is CCNC(=NCCN(CC)C(=O)OC(C)(C)C)N1CCCC(CC(N)=O)C1.I. The summed E-state index contributed by atoms with van der Waals surface area (Å²) in [6.45, 7) is 13.5. The van der Waals surface area contributed by atoms with Gasteiger partial charge in [-0.15, -0.1) is 24.0 Å². The molecular weight excluding hydrogens is 473 g/mol. The number of hydrogen-bond donors (Lipinski definition) is 2. The van der Waals surface area contributed by atoms with Crippen molar-refractivity contribution < 1.29 is 14.3 Å². The molecule has 164 valence electrons. The Morgan fingerprint density at radius 2 is 2.00 bits per heavy atom. The molecule has 1 rings (SSSR count). The number of nitrogens with two attached hydrogens (primary N) is 1. The summed E-state index contributed by atoms with van der Waals surface area (Å²) in [5.41, 5.74) is 4.84. The monoisotopic (exact) mass is 511 g/mol. The highest BCUT2D eigenvalue weighted by Crippen LogP contribution is 2.19. The van der Waals surface area contributed by atoms with Crippen molar-refractivity contribution in [2.45, 2.75) is 59.5 Å². The van der Waals surface area contributed by atoms with Crippen LogP contribution in [0.15, 0.2) is 4.99 Å². The van der Waals surface area contributed by atoms with Crippen molar-refractivity contribution in [2.24, 2.45) is 16.6 Å². The average Bonchev–Trinajstić information content (AvgIpc) is 2.55. The van der Waals surface area contributed by atoms with Crippen LogP contribution >= 0.6 is 24.0 Å². The Bertz CT molecular complexity index is 522. The van der Waals surface area contributed by atoms with E-state index >= 15 is 0 Å². The summed E-state index contributed by atoms with van der Waals surface area (Å²) in [7, 11) is 0. The number of nitrogens with one attached hydrogen (secondary N) is 1. The molecule has 1 fully saturated rings. The number of likely N-dealkylation sites (N-methyl/N-ethyl adjacent to an activating group) is 1. The Balaban J connectivity index is 0.00000729. The zero-order chi connectivity index (χ0) is 20.4. The number of rotatable bonds is 7. The van der Waals surface area contributed by atoms with Gasteiger partial charge in [0.1, 0.15) is 5.60 Å². The van der Waals surface area contributed by atoms with Crippen LogP contribution < -0.4 is 11.1 Å². The summed E-state index contributed by atoms with van der Waals surface area (Å²) in [5.74, 6) is 0.848. The molecule has 0 saturated carbocycles. The molecule has 0 aromatic carbocycles. The van der Waals surface area contributed by atoms with Crippen LogP contribution in [0, 0.1) is 5.92 Å². The van der Waals surface area contributed by atoms with Crippen molar-refractivity contribution >= 4 is 41.9 Å². The van der Waals surface area contributed by atoms with E-state index in [1.807, 2.05) is 34.6 Å². The molecule has 0 aromatic rings. The lowest BCUT2D eigenvalue weighted by Gasteiger charge is -2.34. The molecule has 0 spiro atoms. The molecule has 0 radical (unpaired) electrons. The molecule has 1 heterocycles. The molecule has 0 aromatic heterocycles. The van der Waals surface area contributed by atoms with E-state index in [9.17, 15) is 9.59 Å². The smallest absolute Gasteiger partial charge is 0.410 e. The zero-order valence-corrected chi connectivity index (χ0v) is 20.3. The topological polar surface area (TPSA) is 100 Å². The molecule has 1 aliphatic rings. The number of piperidine rings is 1. The van der Waals surface area contributed by atoms with Gasteiger partial charge < -0.3 is 25.6 Å². The average molecular weight is 511 g/mol. The number of carbonyl (C=O) groups is 2. The van der Waals surface area contributed by atoms with E-state index in [1.165, 1.54) is 0 Å². The van der Waals surface area contributed by atoms with Crippen LogP contribution in [0.2, 0.25) is 0 Å². The van der Waals surface area contributed by atoms with Crippen LogP contribution in [-0.4, -0.2) is 72.6 Å². The number of amides is 2. The fourth-order valence-corrected chi connectivity index (χ4v) is 3.12. The van der Waals surface area contributed by atoms with Gasteiger partial charge in [-0.1, -0.05) is 0 Å². The summed E-state index contributed by atoms with van der Waals surface area (Å²) in [5, 5.41) is 3.31. The van der Waals surface area contributed by atoms with Crippen molar-refractivity contribution in [1.82, 2.24) is 15.1 Å². The quantitative estimate of drug-likeness (QED) is 0.311. The number of ether oxygens (including phenoxy) is 1. The molecule has 2 amide bonds. The third kappa shape index (κ3) is 10.3. The van der Waals surface area contributed by atoms with Gasteiger partial charge in [0, 0.05) is 39.1 Å². The first-order valence-corrected chi connectivity index (χ1v) is 9.95. The summed E-state index contributed by atoms with van der Waals surface area (Å²) >= 11 is 0. The largest absolute Gasteiger partial charge is 0.444 e. The molecule has 1 aliphatic heterocycles. The number of aliphatic imine (C=N–C) groups is 1. The van der Waals surface area contributed by atoms with E-state index in [4.69, 9.17) is 10.5 Å². The third-order valence-electron chi connectivity index (χ3n) is 4.31. The Morgan fingerprint density at radius 1 is 1.32 bits per heavy atom. The van der Waals surface area contributed by atoms with Gasteiger partial charge in [0.15, 0.2) is 5.96 Å². The first-order valence-electron chi connectivity index (χ1n) is 9.95. The van der Waals surface area contributed by atoms with E-state index in [2.05, 4.69) is 15.2 Å².